The van der Waals surface area contributed by atoms with Crippen molar-refractivity contribution in [2.45, 2.75) is 82.8 Å². The molecule has 4 heteroatoms. The Kier molecular flexibility index (Phi) is 5.40. The maximum Gasteiger partial charge on any atom is 0.223 e. The molecule has 4 N–H and O–H groups in total. The summed E-state index contributed by atoms with van der Waals surface area (Å²) >= 11 is 0. The summed E-state index contributed by atoms with van der Waals surface area (Å²) in [6.07, 6.45) is 10.6. The van der Waals surface area contributed by atoms with Crippen LogP contribution >= 0.6 is 0 Å². The summed E-state index contributed by atoms with van der Waals surface area (Å²) in [7, 11) is 0. The second-order valence-corrected chi connectivity index (χ2v) is 7.90. The Bertz CT molecular complexity index is 387. The van der Waals surface area contributed by atoms with Gasteiger partial charge in [-0.05, 0) is 56.9 Å². The Hall–Kier alpha value is -0.610. The Labute approximate surface area is 135 Å². The van der Waals surface area contributed by atoms with Gasteiger partial charge in [0.05, 0.1) is 0 Å². The lowest BCUT2D eigenvalue weighted by atomic mass is 9.70. The van der Waals surface area contributed by atoms with Crippen molar-refractivity contribution >= 4 is 5.91 Å². The molecule has 22 heavy (non-hydrogen) atoms. The molecule has 0 aromatic rings. The van der Waals surface area contributed by atoms with Crippen LogP contribution in [0.2, 0.25) is 0 Å². The van der Waals surface area contributed by atoms with E-state index in [1.807, 2.05) is 0 Å². The largest absolute Gasteiger partial charge is 0.353 e. The molecule has 0 spiro atoms. The number of piperidine rings is 1. The maximum atomic E-state index is 12.5. The molecule has 1 amide bonds. The minimum Gasteiger partial charge on any atom is -0.353 e. The molecular formula is C18H33N3O. The number of nitrogens with two attached hydrogens (primary N) is 1. The molecule has 1 saturated carbocycles. The third-order valence-corrected chi connectivity index (χ3v) is 6.37. The lowest BCUT2D eigenvalue weighted by molar-refractivity contribution is -0.126. The molecule has 4 unspecified atom stereocenters. The number of hydrogen-bond acceptors (Lipinski definition) is 3. The van der Waals surface area contributed by atoms with Gasteiger partial charge in [0.25, 0.3) is 0 Å². The van der Waals surface area contributed by atoms with Crippen molar-refractivity contribution in [3.63, 3.8) is 0 Å². The summed E-state index contributed by atoms with van der Waals surface area (Å²) in [5, 5.41) is 7.07. The number of rotatable bonds is 0. The molecule has 4 nitrogen and oxygen atoms in total. The Balaban J connectivity index is 1.77. The van der Waals surface area contributed by atoms with E-state index in [4.69, 9.17) is 5.73 Å². The standard InChI is InChI=1S/C18H33N3O/c1-12-5-4-7-15(19)17-11-13(9-10-20-17)14-6-2-3-8-16(14)21-18(12)22/h12-17,20H,2-11,19H2,1H3,(H,21,22)/t12-,13?,14?,15+,16?,17?/m1/s1. The molecule has 0 aromatic heterocycles. The molecule has 126 valence electrons. The monoisotopic (exact) mass is 307 g/mol. The van der Waals surface area contributed by atoms with Crippen molar-refractivity contribution in [2.24, 2.45) is 23.5 Å². The minimum atomic E-state index is 0.127. The molecule has 1 aliphatic carbocycles. The normalized spacial score (nSPS) is 44.2. The average Bonchev–Trinajstić information content (AvgIpc) is 2.54. The smallest absolute Gasteiger partial charge is 0.223 e. The maximum absolute atomic E-state index is 12.5. The number of carbonyl (C=O) groups is 1. The van der Waals surface area contributed by atoms with E-state index in [1.54, 1.807) is 0 Å². The second kappa shape index (κ2) is 7.31. The third kappa shape index (κ3) is 3.65. The number of carbonyl (C=O) groups excluding carboxylic acids is 1. The molecule has 6 atom stereocenters. The molecule has 2 saturated heterocycles. The van der Waals surface area contributed by atoms with Gasteiger partial charge < -0.3 is 16.4 Å². The SMILES string of the molecule is C[C@@H]1CCC[C@H](N)C2CC(CCN2)C2CCCCC2NC1=O. The molecule has 3 rings (SSSR count). The van der Waals surface area contributed by atoms with Crippen LogP contribution in [-0.2, 0) is 4.79 Å². The first kappa shape index (κ1) is 16.3. The van der Waals surface area contributed by atoms with Crippen LogP contribution in [0.15, 0.2) is 0 Å². The van der Waals surface area contributed by atoms with Crippen LogP contribution in [0.1, 0.15) is 64.7 Å². The number of fused-ring (bicyclic) bond motifs is 4. The molecule has 0 aromatic carbocycles. The van der Waals surface area contributed by atoms with E-state index < -0.39 is 0 Å². The first-order valence-electron chi connectivity index (χ1n) is 9.44. The summed E-state index contributed by atoms with van der Waals surface area (Å²) in [4.78, 5) is 12.5. The highest BCUT2D eigenvalue weighted by molar-refractivity contribution is 5.78. The fourth-order valence-electron chi connectivity index (χ4n) is 4.92. The van der Waals surface area contributed by atoms with Crippen LogP contribution in [0.25, 0.3) is 0 Å². The molecule has 2 aliphatic heterocycles. The lowest BCUT2D eigenvalue weighted by Crippen LogP contribution is -2.54. The highest BCUT2D eigenvalue weighted by Gasteiger charge is 2.37. The Morgan fingerprint density at radius 1 is 1.00 bits per heavy atom. The zero-order chi connectivity index (χ0) is 15.5. The second-order valence-electron chi connectivity index (χ2n) is 7.90. The van der Waals surface area contributed by atoms with Crippen molar-refractivity contribution in [1.82, 2.24) is 10.6 Å². The average molecular weight is 307 g/mol. The van der Waals surface area contributed by atoms with Crippen molar-refractivity contribution in [2.75, 3.05) is 6.54 Å². The predicted molar refractivity (Wildman–Crippen MR) is 89.4 cm³/mol. The van der Waals surface area contributed by atoms with Gasteiger partial charge in [-0.15, -0.1) is 0 Å². The highest BCUT2D eigenvalue weighted by Crippen LogP contribution is 2.37. The van der Waals surface area contributed by atoms with Crippen molar-refractivity contribution in [1.29, 1.82) is 0 Å². The van der Waals surface area contributed by atoms with Crippen molar-refractivity contribution in [3.05, 3.63) is 0 Å². The van der Waals surface area contributed by atoms with Gasteiger partial charge in [-0.2, -0.15) is 0 Å². The van der Waals surface area contributed by atoms with Gasteiger partial charge in [-0.25, -0.2) is 0 Å². The zero-order valence-electron chi connectivity index (χ0n) is 14.0. The van der Waals surface area contributed by atoms with E-state index >= 15 is 0 Å². The fourth-order valence-corrected chi connectivity index (χ4v) is 4.92. The van der Waals surface area contributed by atoms with Crippen LogP contribution in [0.4, 0.5) is 0 Å². The van der Waals surface area contributed by atoms with Crippen LogP contribution in [0.5, 0.6) is 0 Å². The van der Waals surface area contributed by atoms with Crippen LogP contribution in [0, 0.1) is 17.8 Å². The summed E-state index contributed by atoms with van der Waals surface area (Å²) in [5.41, 5.74) is 6.45. The first-order valence-corrected chi connectivity index (χ1v) is 9.44. The highest BCUT2D eigenvalue weighted by atomic mass is 16.1. The molecule has 2 heterocycles. The number of nitrogens with one attached hydrogen (secondary N) is 2. The summed E-state index contributed by atoms with van der Waals surface area (Å²) in [6.45, 7) is 3.17. The van der Waals surface area contributed by atoms with Crippen molar-refractivity contribution in [3.8, 4) is 0 Å². The van der Waals surface area contributed by atoms with Gasteiger partial charge in [-0.3, -0.25) is 4.79 Å². The van der Waals surface area contributed by atoms with Crippen molar-refractivity contribution < 1.29 is 4.79 Å². The summed E-state index contributed by atoms with van der Waals surface area (Å²) < 4.78 is 0. The van der Waals surface area contributed by atoms with E-state index in [9.17, 15) is 4.79 Å². The minimum absolute atomic E-state index is 0.127. The Morgan fingerprint density at radius 2 is 1.82 bits per heavy atom. The number of amides is 1. The van der Waals surface area contributed by atoms with Gasteiger partial charge in [0.15, 0.2) is 0 Å². The topological polar surface area (TPSA) is 67.2 Å². The molecule has 0 radical (unpaired) electrons. The van der Waals surface area contributed by atoms with E-state index in [0.29, 0.717) is 18.0 Å². The zero-order valence-corrected chi connectivity index (χ0v) is 14.0. The molecular weight excluding hydrogens is 274 g/mol. The molecule has 3 aliphatic rings. The van der Waals surface area contributed by atoms with Gasteiger partial charge >= 0.3 is 0 Å². The summed E-state index contributed by atoms with van der Waals surface area (Å²) in [5.74, 6) is 1.80. The first-order chi connectivity index (χ1) is 10.6. The van der Waals surface area contributed by atoms with Gasteiger partial charge in [-0.1, -0.05) is 26.2 Å². The van der Waals surface area contributed by atoms with E-state index in [0.717, 1.165) is 31.7 Å². The molecule has 3 fully saturated rings. The fraction of sp³-hybridized carbons (Fsp3) is 0.944. The van der Waals surface area contributed by atoms with Gasteiger partial charge in [0.1, 0.15) is 0 Å². The third-order valence-electron chi connectivity index (χ3n) is 6.37. The van der Waals surface area contributed by atoms with Crippen LogP contribution in [-0.4, -0.2) is 30.6 Å². The van der Waals surface area contributed by atoms with Crippen LogP contribution in [0.3, 0.4) is 0 Å². The van der Waals surface area contributed by atoms with E-state index in [2.05, 4.69) is 17.6 Å². The lowest BCUT2D eigenvalue weighted by Gasteiger charge is -2.43. The Morgan fingerprint density at radius 3 is 2.68 bits per heavy atom. The molecule has 2 bridgehead atoms. The van der Waals surface area contributed by atoms with E-state index in [1.165, 1.54) is 38.5 Å². The van der Waals surface area contributed by atoms with E-state index in [-0.39, 0.29) is 17.9 Å². The van der Waals surface area contributed by atoms with Crippen LogP contribution < -0.4 is 16.4 Å². The quantitative estimate of drug-likeness (QED) is 0.642. The summed E-state index contributed by atoms with van der Waals surface area (Å²) in [6, 6.07) is 1.13. The van der Waals surface area contributed by atoms with Gasteiger partial charge in [0, 0.05) is 24.0 Å². The predicted octanol–water partition coefficient (Wildman–Crippen LogP) is 2.18. The van der Waals surface area contributed by atoms with Gasteiger partial charge in [0.2, 0.25) is 5.91 Å². The number of hydrogen-bond donors (Lipinski definition) is 3.